The Kier molecular flexibility index (Phi) is 7.09. The van der Waals surface area contributed by atoms with Crippen LogP contribution < -0.4 is 5.32 Å². The van der Waals surface area contributed by atoms with Gasteiger partial charge in [0, 0.05) is 6.08 Å². The van der Waals surface area contributed by atoms with Crippen LogP contribution in [-0.4, -0.2) is 18.0 Å². The van der Waals surface area contributed by atoms with Crippen LogP contribution in [0.3, 0.4) is 0 Å². The van der Waals surface area contributed by atoms with Crippen molar-refractivity contribution < 1.29 is 14.3 Å². The molecular formula is C19H16Cl3NO3. The maximum absolute atomic E-state index is 12.2. The lowest BCUT2D eigenvalue weighted by Crippen LogP contribution is -2.29. The van der Waals surface area contributed by atoms with E-state index in [4.69, 9.17) is 39.5 Å². The zero-order valence-electron chi connectivity index (χ0n) is 14.1. The van der Waals surface area contributed by atoms with Crippen LogP contribution in [0.4, 0.5) is 5.69 Å². The van der Waals surface area contributed by atoms with E-state index in [-0.39, 0.29) is 20.8 Å². The SMILES string of the molecule is Cc1ccc(/C=C/C(=O)OC(C)C(=O)Nc2cc(Cl)c(Cl)cc2Cl)cc1. The number of ether oxygens (including phenoxy) is 1. The van der Waals surface area contributed by atoms with Crippen molar-refractivity contribution in [3.05, 3.63) is 68.7 Å². The Bertz CT molecular complexity index is 848. The summed E-state index contributed by atoms with van der Waals surface area (Å²) < 4.78 is 5.08. The predicted molar refractivity (Wildman–Crippen MR) is 106 cm³/mol. The van der Waals surface area contributed by atoms with Crippen molar-refractivity contribution in [2.45, 2.75) is 20.0 Å². The van der Waals surface area contributed by atoms with Gasteiger partial charge in [0.05, 0.1) is 20.8 Å². The van der Waals surface area contributed by atoms with Crippen LogP contribution in [0.5, 0.6) is 0 Å². The van der Waals surface area contributed by atoms with E-state index in [1.807, 2.05) is 31.2 Å². The second-order valence-corrected chi connectivity index (χ2v) is 6.78. The van der Waals surface area contributed by atoms with Crippen LogP contribution in [0.15, 0.2) is 42.5 Å². The molecule has 2 rings (SSSR count). The van der Waals surface area contributed by atoms with E-state index in [1.165, 1.54) is 25.1 Å². The molecule has 0 fully saturated rings. The fourth-order valence-electron chi connectivity index (χ4n) is 1.96. The lowest BCUT2D eigenvalue weighted by Gasteiger charge is -2.13. The minimum Gasteiger partial charge on any atom is -0.449 e. The van der Waals surface area contributed by atoms with E-state index in [2.05, 4.69) is 5.32 Å². The summed E-state index contributed by atoms with van der Waals surface area (Å²) in [5.41, 5.74) is 2.26. The summed E-state index contributed by atoms with van der Waals surface area (Å²) in [6.07, 6.45) is 1.86. The molecule has 1 amide bonds. The van der Waals surface area contributed by atoms with Gasteiger partial charge in [-0.05, 0) is 37.6 Å². The third-order valence-corrected chi connectivity index (χ3v) is 4.45. The summed E-state index contributed by atoms with van der Waals surface area (Å²) >= 11 is 17.8. The van der Waals surface area contributed by atoms with Crippen LogP contribution >= 0.6 is 34.8 Å². The zero-order chi connectivity index (χ0) is 19.3. The Morgan fingerprint density at radius 1 is 1.04 bits per heavy atom. The van der Waals surface area contributed by atoms with Gasteiger partial charge in [0.15, 0.2) is 6.10 Å². The number of carbonyl (C=O) groups is 2. The average Bonchev–Trinajstić information content (AvgIpc) is 2.59. The fraction of sp³-hybridized carbons (Fsp3) is 0.158. The largest absolute Gasteiger partial charge is 0.449 e. The van der Waals surface area contributed by atoms with Gasteiger partial charge in [-0.15, -0.1) is 0 Å². The maximum atomic E-state index is 12.2. The summed E-state index contributed by atoms with van der Waals surface area (Å²) in [5, 5.41) is 3.30. The summed E-state index contributed by atoms with van der Waals surface area (Å²) in [5.74, 6) is -1.17. The molecule has 0 bridgehead atoms. The van der Waals surface area contributed by atoms with E-state index in [1.54, 1.807) is 6.08 Å². The molecule has 0 heterocycles. The number of amides is 1. The normalized spacial score (nSPS) is 12.0. The van der Waals surface area contributed by atoms with Gasteiger partial charge in [-0.3, -0.25) is 4.79 Å². The molecule has 0 aromatic heterocycles. The number of aryl methyl sites for hydroxylation is 1. The molecule has 0 aliphatic heterocycles. The second-order valence-electron chi connectivity index (χ2n) is 5.56. The number of halogens is 3. The molecule has 0 aliphatic rings. The van der Waals surface area contributed by atoms with Gasteiger partial charge in [0.25, 0.3) is 5.91 Å². The fourth-order valence-corrected chi connectivity index (χ4v) is 2.56. The van der Waals surface area contributed by atoms with Gasteiger partial charge in [-0.1, -0.05) is 64.6 Å². The first-order valence-corrected chi connectivity index (χ1v) is 8.80. The van der Waals surface area contributed by atoms with Gasteiger partial charge in [-0.25, -0.2) is 4.79 Å². The van der Waals surface area contributed by atoms with Gasteiger partial charge in [0.2, 0.25) is 0 Å². The van der Waals surface area contributed by atoms with Gasteiger partial charge in [-0.2, -0.15) is 0 Å². The average molecular weight is 413 g/mol. The third-order valence-electron chi connectivity index (χ3n) is 3.42. The van der Waals surface area contributed by atoms with Crippen molar-refractivity contribution >= 4 is 58.4 Å². The molecular weight excluding hydrogens is 397 g/mol. The Morgan fingerprint density at radius 2 is 1.65 bits per heavy atom. The minimum absolute atomic E-state index is 0.227. The molecule has 0 radical (unpaired) electrons. The van der Waals surface area contributed by atoms with Crippen LogP contribution in [0.1, 0.15) is 18.1 Å². The van der Waals surface area contributed by atoms with Crippen LogP contribution in [-0.2, 0) is 14.3 Å². The standard InChI is InChI=1S/C19H16Cl3NO3/c1-11-3-5-13(6-4-11)7-8-18(24)26-12(2)19(25)23-17-10-15(21)14(20)9-16(17)22/h3-10,12H,1-2H3,(H,23,25)/b8-7+. The van der Waals surface area contributed by atoms with Crippen molar-refractivity contribution in [1.82, 2.24) is 0 Å². The predicted octanol–water partition coefficient (Wildman–Crippen LogP) is 5.54. The maximum Gasteiger partial charge on any atom is 0.331 e. The first-order chi connectivity index (χ1) is 12.3. The first kappa shape index (κ1) is 20.3. The molecule has 4 nitrogen and oxygen atoms in total. The molecule has 0 saturated heterocycles. The highest BCUT2D eigenvalue weighted by atomic mass is 35.5. The smallest absolute Gasteiger partial charge is 0.331 e. The topological polar surface area (TPSA) is 55.4 Å². The zero-order valence-corrected chi connectivity index (χ0v) is 16.3. The van der Waals surface area contributed by atoms with Gasteiger partial charge in [0.1, 0.15) is 0 Å². The van der Waals surface area contributed by atoms with Crippen molar-refractivity contribution in [3.63, 3.8) is 0 Å². The highest BCUT2D eigenvalue weighted by molar-refractivity contribution is 6.44. The van der Waals surface area contributed by atoms with E-state index in [0.29, 0.717) is 0 Å². The Balaban J connectivity index is 1.95. The number of esters is 1. The molecule has 26 heavy (non-hydrogen) atoms. The molecule has 136 valence electrons. The molecule has 2 aromatic rings. The Morgan fingerprint density at radius 3 is 2.31 bits per heavy atom. The highest BCUT2D eigenvalue weighted by Gasteiger charge is 2.18. The number of anilines is 1. The molecule has 1 atom stereocenters. The first-order valence-electron chi connectivity index (χ1n) is 7.67. The highest BCUT2D eigenvalue weighted by Crippen LogP contribution is 2.32. The van der Waals surface area contributed by atoms with E-state index in [9.17, 15) is 9.59 Å². The molecule has 0 saturated carbocycles. The van der Waals surface area contributed by atoms with Crippen LogP contribution in [0, 0.1) is 6.92 Å². The van der Waals surface area contributed by atoms with Crippen molar-refractivity contribution in [3.8, 4) is 0 Å². The quantitative estimate of drug-likeness (QED) is 0.398. The van der Waals surface area contributed by atoms with Crippen LogP contribution in [0.25, 0.3) is 6.08 Å². The molecule has 0 spiro atoms. The lowest BCUT2D eigenvalue weighted by atomic mass is 10.1. The minimum atomic E-state index is -1.02. The lowest BCUT2D eigenvalue weighted by molar-refractivity contribution is -0.148. The monoisotopic (exact) mass is 411 g/mol. The molecule has 2 aromatic carbocycles. The Labute approximate surface area is 166 Å². The van der Waals surface area contributed by atoms with Crippen molar-refractivity contribution in [2.24, 2.45) is 0 Å². The van der Waals surface area contributed by atoms with Crippen molar-refractivity contribution in [2.75, 3.05) is 5.32 Å². The molecule has 7 heteroatoms. The van der Waals surface area contributed by atoms with E-state index in [0.717, 1.165) is 11.1 Å². The number of benzene rings is 2. The number of hydrogen-bond donors (Lipinski definition) is 1. The van der Waals surface area contributed by atoms with Crippen molar-refractivity contribution in [1.29, 1.82) is 0 Å². The molecule has 1 unspecified atom stereocenters. The van der Waals surface area contributed by atoms with E-state index >= 15 is 0 Å². The number of nitrogens with one attached hydrogen (secondary N) is 1. The number of hydrogen-bond acceptors (Lipinski definition) is 3. The molecule has 1 N–H and O–H groups in total. The summed E-state index contributed by atoms with van der Waals surface area (Å²) in [4.78, 5) is 24.0. The third kappa shape index (κ3) is 5.77. The van der Waals surface area contributed by atoms with Gasteiger partial charge >= 0.3 is 5.97 Å². The second kappa shape index (κ2) is 9.08. The molecule has 0 aliphatic carbocycles. The number of rotatable bonds is 5. The summed E-state index contributed by atoms with van der Waals surface area (Å²) in [6, 6.07) is 10.5. The number of carbonyl (C=O) groups excluding carboxylic acids is 2. The van der Waals surface area contributed by atoms with Gasteiger partial charge < -0.3 is 10.1 Å². The van der Waals surface area contributed by atoms with Crippen LogP contribution in [0.2, 0.25) is 15.1 Å². The Hall–Kier alpha value is -2.01. The summed E-state index contributed by atoms with van der Waals surface area (Å²) in [6.45, 7) is 3.43. The summed E-state index contributed by atoms with van der Waals surface area (Å²) in [7, 11) is 0. The van der Waals surface area contributed by atoms with E-state index < -0.39 is 18.0 Å².